The summed E-state index contributed by atoms with van der Waals surface area (Å²) in [6, 6.07) is 6.43. The first-order chi connectivity index (χ1) is 18.5. The van der Waals surface area contributed by atoms with E-state index < -0.39 is 39.7 Å². The summed E-state index contributed by atoms with van der Waals surface area (Å²) in [5.74, 6) is -2.43. The monoisotopic (exact) mass is 582 g/mol. The van der Waals surface area contributed by atoms with Gasteiger partial charge in [0.1, 0.15) is 18.1 Å². The molecule has 0 radical (unpaired) electrons. The smallest absolute Gasteiger partial charge is 0.292 e. The van der Waals surface area contributed by atoms with Gasteiger partial charge in [-0.25, -0.2) is 10.0 Å². The molecular formula is C23H30N6O8S2. The Morgan fingerprint density at radius 1 is 1.28 bits per heavy atom. The third-order valence-corrected chi connectivity index (χ3v) is 6.77. The lowest BCUT2D eigenvalue weighted by Gasteiger charge is -2.43. The number of thiazole rings is 1. The first kappa shape index (κ1) is 30.1. The second kappa shape index (κ2) is 13.6. The number of nitrogens with one attached hydrogen (secondary N) is 1. The number of carbonyl (C=O) groups is 2. The highest BCUT2D eigenvalue weighted by atomic mass is 32.2. The predicted molar refractivity (Wildman–Crippen MR) is 143 cm³/mol. The summed E-state index contributed by atoms with van der Waals surface area (Å²) in [4.78, 5) is 39.6. The first-order valence-corrected chi connectivity index (χ1v) is 14.4. The number of hydrogen-bond acceptors (Lipinski definition) is 13. The third-order valence-electron chi connectivity index (χ3n) is 5.69. The zero-order chi connectivity index (χ0) is 28.6. The zero-order valence-electron chi connectivity index (χ0n) is 21.1. The van der Waals surface area contributed by atoms with Crippen LogP contribution in [0.2, 0.25) is 0 Å². The van der Waals surface area contributed by atoms with Gasteiger partial charge in [0, 0.05) is 17.5 Å². The van der Waals surface area contributed by atoms with E-state index in [-0.39, 0.29) is 36.2 Å². The van der Waals surface area contributed by atoms with Crippen molar-refractivity contribution in [1.29, 1.82) is 5.41 Å². The maximum atomic E-state index is 13.0. The molecule has 39 heavy (non-hydrogen) atoms. The fourth-order valence-electron chi connectivity index (χ4n) is 3.63. The number of aromatic nitrogens is 1. The summed E-state index contributed by atoms with van der Waals surface area (Å²) in [5.41, 5.74) is 12.5. The van der Waals surface area contributed by atoms with Gasteiger partial charge >= 0.3 is 0 Å². The van der Waals surface area contributed by atoms with E-state index in [1.165, 1.54) is 5.38 Å². The minimum atomic E-state index is -4.43. The van der Waals surface area contributed by atoms with Crippen LogP contribution in [0.25, 0.3) is 0 Å². The van der Waals surface area contributed by atoms with Crippen LogP contribution in [-0.2, 0) is 29.4 Å². The molecule has 3 rings (SSSR count). The number of rotatable bonds is 16. The van der Waals surface area contributed by atoms with Crippen LogP contribution in [0.1, 0.15) is 37.4 Å². The van der Waals surface area contributed by atoms with Crippen LogP contribution in [0.3, 0.4) is 0 Å². The minimum absolute atomic E-state index is 0.000480. The summed E-state index contributed by atoms with van der Waals surface area (Å²) in [6.07, 6.45) is 1.09. The molecule has 0 aliphatic carbocycles. The standard InChI is InChI=1S/C23H30N6O8S2/c1-14-17(22(31)29(14)37-13-39(32,33)34)11-20(30)21(19-12-38-23(26)27-19)28-36-10-9-35-16-6-4-15(5-7-16)18(25)3-2-8-24/h4-7,12,14,17,25H,2-3,8-11,13,24H2,1H3,(H2,26,27)(H,32,33,34)/b25-18?,28-21-/t14-,17-/m0/s1. The molecule has 14 nitrogen and oxygen atoms in total. The van der Waals surface area contributed by atoms with Crippen molar-refractivity contribution in [2.45, 2.75) is 32.2 Å². The van der Waals surface area contributed by atoms with Gasteiger partial charge in [-0.2, -0.15) is 8.42 Å². The molecule has 0 spiro atoms. The Morgan fingerprint density at radius 3 is 2.59 bits per heavy atom. The second-order valence-corrected chi connectivity index (χ2v) is 10.8. The van der Waals surface area contributed by atoms with Crippen molar-refractivity contribution < 1.29 is 37.0 Å². The number of hydrogen-bond donors (Lipinski definition) is 4. The van der Waals surface area contributed by atoms with Gasteiger partial charge in [0.25, 0.3) is 16.0 Å². The fraction of sp³-hybridized carbons (Fsp3) is 0.435. The SMILES string of the molecule is C[C@H]1[C@H](CC(=O)/C(=N\OCCOc2ccc(C(=N)CCCN)cc2)c2csc(N)n2)C(=O)N1OCS(=O)(=O)O. The number of benzene rings is 1. The molecule has 0 unspecified atom stereocenters. The Labute approximate surface area is 229 Å². The average Bonchev–Trinajstić information content (AvgIpc) is 3.33. The van der Waals surface area contributed by atoms with Gasteiger partial charge in [-0.05, 0) is 56.1 Å². The average molecular weight is 583 g/mol. The van der Waals surface area contributed by atoms with Crippen LogP contribution < -0.4 is 16.2 Å². The molecule has 1 amide bonds. The topological polar surface area (TPSA) is 221 Å². The van der Waals surface area contributed by atoms with Gasteiger partial charge in [0.05, 0.1) is 12.0 Å². The fourth-order valence-corrected chi connectivity index (χ4v) is 4.42. The number of nitrogens with two attached hydrogens (primary N) is 2. The van der Waals surface area contributed by atoms with Crippen LogP contribution in [0.15, 0.2) is 34.8 Å². The van der Waals surface area contributed by atoms with E-state index in [0.717, 1.165) is 28.4 Å². The summed E-state index contributed by atoms with van der Waals surface area (Å²) < 4.78 is 36.2. The summed E-state index contributed by atoms with van der Waals surface area (Å²) >= 11 is 1.10. The lowest BCUT2D eigenvalue weighted by atomic mass is 9.85. The predicted octanol–water partition coefficient (Wildman–Crippen LogP) is 1.21. The van der Waals surface area contributed by atoms with E-state index in [2.05, 4.69) is 10.1 Å². The molecule has 1 aromatic heterocycles. The number of amides is 1. The molecule has 6 N–H and O–H groups in total. The highest BCUT2D eigenvalue weighted by Crippen LogP contribution is 2.30. The van der Waals surface area contributed by atoms with Crippen molar-refractivity contribution in [2.75, 3.05) is 31.4 Å². The lowest BCUT2D eigenvalue weighted by molar-refractivity contribution is -0.232. The van der Waals surface area contributed by atoms with E-state index >= 15 is 0 Å². The molecule has 0 saturated carbocycles. The largest absolute Gasteiger partial charge is 0.490 e. The van der Waals surface area contributed by atoms with E-state index in [1.807, 2.05) is 0 Å². The van der Waals surface area contributed by atoms with Crippen molar-refractivity contribution in [2.24, 2.45) is 16.8 Å². The molecular weight excluding hydrogens is 552 g/mol. The number of Topliss-reactive ketones (excluding diaryl/α,β-unsaturated/α-hetero) is 1. The number of carbonyl (C=O) groups excluding carboxylic acids is 2. The van der Waals surface area contributed by atoms with Crippen molar-refractivity contribution in [3.8, 4) is 5.75 Å². The normalized spacial score (nSPS) is 17.6. The number of ether oxygens (including phenoxy) is 1. The number of nitrogens with zero attached hydrogens (tertiary/aromatic N) is 3. The van der Waals surface area contributed by atoms with Crippen LogP contribution in [0.5, 0.6) is 5.75 Å². The summed E-state index contributed by atoms with van der Waals surface area (Å²) in [5, 5.41) is 14.5. The maximum Gasteiger partial charge on any atom is 0.292 e. The minimum Gasteiger partial charge on any atom is -0.490 e. The van der Waals surface area contributed by atoms with E-state index in [9.17, 15) is 18.0 Å². The number of oxime groups is 1. The molecule has 1 saturated heterocycles. The Morgan fingerprint density at radius 2 is 2.00 bits per heavy atom. The number of ketones is 1. The maximum absolute atomic E-state index is 13.0. The quantitative estimate of drug-likeness (QED) is 0.0724. The first-order valence-electron chi connectivity index (χ1n) is 11.9. The summed E-state index contributed by atoms with van der Waals surface area (Å²) in [7, 11) is -4.43. The molecule has 1 aliphatic heterocycles. The number of β-lactam (4-membered cyclic amide) rings is 1. The molecule has 2 atom stereocenters. The second-order valence-electron chi connectivity index (χ2n) is 8.56. The Kier molecular flexibility index (Phi) is 10.5. The molecule has 1 aliphatic rings. The number of hydroxylamine groups is 2. The molecule has 1 fully saturated rings. The van der Waals surface area contributed by atoms with Crippen LogP contribution in [0, 0.1) is 11.3 Å². The Balaban J connectivity index is 1.54. The van der Waals surface area contributed by atoms with Crippen molar-refractivity contribution in [3.05, 3.63) is 40.9 Å². The van der Waals surface area contributed by atoms with E-state index in [0.29, 0.717) is 24.4 Å². The van der Waals surface area contributed by atoms with Gasteiger partial charge in [-0.3, -0.25) is 19.0 Å². The molecule has 0 bridgehead atoms. The molecule has 2 aromatic rings. The van der Waals surface area contributed by atoms with E-state index in [4.69, 9.17) is 35.8 Å². The van der Waals surface area contributed by atoms with Gasteiger partial charge < -0.3 is 26.5 Å². The van der Waals surface area contributed by atoms with Gasteiger partial charge in [0.2, 0.25) is 5.94 Å². The van der Waals surface area contributed by atoms with Gasteiger partial charge in [-0.15, -0.1) is 11.3 Å². The van der Waals surface area contributed by atoms with Crippen LogP contribution >= 0.6 is 11.3 Å². The van der Waals surface area contributed by atoms with Crippen molar-refractivity contribution in [3.63, 3.8) is 0 Å². The highest BCUT2D eigenvalue weighted by molar-refractivity contribution is 7.85. The summed E-state index contributed by atoms with van der Waals surface area (Å²) in [6.45, 7) is 2.22. The lowest BCUT2D eigenvalue weighted by Crippen LogP contribution is -2.60. The Hall–Kier alpha value is -3.44. The van der Waals surface area contributed by atoms with Gasteiger partial charge in [0.15, 0.2) is 23.2 Å². The van der Waals surface area contributed by atoms with Gasteiger partial charge in [-0.1, -0.05) is 5.16 Å². The number of nitrogen functional groups attached to an aromatic ring is 1. The third kappa shape index (κ3) is 8.52. The molecule has 1 aromatic carbocycles. The van der Waals surface area contributed by atoms with Crippen molar-refractivity contribution in [1.82, 2.24) is 10.0 Å². The Bertz CT molecular complexity index is 1310. The van der Waals surface area contributed by atoms with Crippen LogP contribution in [0.4, 0.5) is 5.13 Å². The van der Waals surface area contributed by atoms with E-state index in [1.54, 1.807) is 31.2 Å². The molecule has 16 heteroatoms. The zero-order valence-corrected chi connectivity index (χ0v) is 22.7. The highest BCUT2D eigenvalue weighted by Gasteiger charge is 2.47. The molecule has 2 heterocycles. The van der Waals surface area contributed by atoms with Crippen molar-refractivity contribution >= 4 is 49.7 Å². The number of anilines is 1. The van der Waals surface area contributed by atoms with Crippen LogP contribution in [-0.4, -0.2) is 77.9 Å². The molecule has 212 valence electrons.